The molecule has 0 unspecified atom stereocenters. The molecule has 98 valence electrons. The van der Waals surface area contributed by atoms with E-state index in [1.807, 2.05) is 25.1 Å². The molecule has 0 spiro atoms. The van der Waals surface area contributed by atoms with E-state index in [1.54, 1.807) is 0 Å². The quantitative estimate of drug-likeness (QED) is 0.768. The highest BCUT2D eigenvalue weighted by Gasteiger charge is 2.27. The van der Waals surface area contributed by atoms with Crippen molar-refractivity contribution in [3.8, 4) is 0 Å². The number of benzene rings is 1. The first kappa shape index (κ1) is 13.4. The summed E-state index contributed by atoms with van der Waals surface area (Å²) in [6.07, 6.45) is 3.94. The molecule has 1 aromatic rings. The lowest BCUT2D eigenvalue weighted by atomic mass is 9.79. The van der Waals surface area contributed by atoms with Gasteiger partial charge < -0.3 is 4.74 Å². The van der Waals surface area contributed by atoms with Gasteiger partial charge in [-0.25, -0.2) is 0 Å². The summed E-state index contributed by atoms with van der Waals surface area (Å²) in [6, 6.07) is 8.06. The van der Waals surface area contributed by atoms with Crippen LogP contribution < -0.4 is 0 Å². The molecule has 0 bridgehead atoms. The molecular weight excluding hydrogens is 248 g/mol. The first-order valence-electron chi connectivity index (χ1n) is 6.62. The van der Waals surface area contributed by atoms with Gasteiger partial charge in [-0.3, -0.25) is 4.79 Å². The first-order valence-corrected chi connectivity index (χ1v) is 7.00. The predicted molar refractivity (Wildman–Crippen MR) is 72.8 cm³/mol. The first-order chi connectivity index (χ1) is 8.70. The molecule has 1 fully saturated rings. The molecule has 18 heavy (non-hydrogen) atoms. The summed E-state index contributed by atoms with van der Waals surface area (Å²) in [6.45, 7) is 2.34. The highest BCUT2D eigenvalue weighted by molar-refractivity contribution is 6.30. The number of halogens is 1. The minimum Gasteiger partial charge on any atom is -0.466 e. The van der Waals surface area contributed by atoms with E-state index < -0.39 is 0 Å². The Labute approximate surface area is 113 Å². The SMILES string of the molecule is CCOC(=O)C1CCC(c2cccc(Cl)c2)CC1. The van der Waals surface area contributed by atoms with Gasteiger partial charge in [0.1, 0.15) is 0 Å². The van der Waals surface area contributed by atoms with Crippen LogP contribution in [0.5, 0.6) is 0 Å². The molecule has 0 atom stereocenters. The summed E-state index contributed by atoms with van der Waals surface area (Å²) in [4.78, 5) is 11.7. The third-order valence-corrected chi connectivity index (χ3v) is 3.90. The molecule has 2 rings (SSSR count). The minimum atomic E-state index is -0.0259. The highest BCUT2D eigenvalue weighted by Crippen LogP contribution is 2.36. The molecule has 1 saturated carbocycles. The van der Waals surface area contributed by atoms with Gasteiger partial charge in [0, 0.05) is 5.02 Å². The van der Waals surface area contributed by atoms with Crippen LogP contribution in [-0.4, -0.2) is 12.6 Å². The maximum Gasteiger partial charge on any atom is 0.308 e. The zero-order valence-electron chi connectivity index (χ0n) is 10.7. The molecule has 3 heteroatoms. The van der Waals surface area contributed by atoms with Crippen molar-refractivity contribution in [2.75, 3.05) is 6.61 Å². The van der Waals surface area contributed by atoms with Gasteiger partial charge in [-0.05, 0) is 56.2 Å². The van der Waals surface area contributed by atoms with Gasteiger partial charge in [-0.2, -0.15) is 0 Å². The van der Waals surface area contributed by atoms with Crippen molar-refractivity contribution < 1.29 is 9.53 Å². The molecule has 0 heterocycles. The molecule has 1 aromatic carbocycles. The maximum atomic E-state index is 11.7. The van der Waals surface area contributed by atoms with Crippen LogP contribution in [0.1, 0.15) is 44.1 Å². The van der Waals surface area contributed by atoms with Crippen molar-refractivity contribution in [2.45, 2.75) is 38.5 Å². The van der Waals surface area contributed by atoms with Crippen molar-refractivity contribution >= 4 is 17.6 Å². The Kier molecular flexibility index (Phi) is 4.65. The number of carbonyl (C=O) groups excluding carboxylic acids is 1. The van der Waals surface area contributed by atoms with Gasteiger partial charge in [-0.1, -0.05) is 23.7 Å². The standard InChI is InChI=1S/C15H19ClO2/c1-2-18-15(17)12-8-6-11(7-9-12)13-4-3-5-14(16)10-13/h3-5,10-12H,2,6-9H2,1H3. The Hall–Kier alpha value is -1.02. The molecule has 0 amide bonds. The fraction of sp³-hybridized carbons (Fsp3) is 0.533. The van der Waals surface area contributed by atoms with E-state index in [0.717, 1.165) is 30.7 Å². The Bertz CT molecular complexity index is 409. The van der Waals surface area contributed by atoms with Crippen LogP contribution in [0.2, 0.25) is 5.02 Å². The molecule has 0 N–H and O–H groups in total. The maximum absolute atomic E-state index is 11.7. The zero-order chi connectivity index (χ0) is 13.0. The van der Waals surface area contributed by atoms with Gasteiger partial charge in [0.15, 0.2) is 0 Å². The fourth-order valence-electron chi connectivity index (χ4n) is 2.68. The van der Waals surface area contributed by atoms with Crippen molar-refractivity contribution in [1.29, 1.82) is 0 Å². The van der Waals surface area contributed by atoms with Gasteiger partial charge in [0.05, 0.1) is 12.5 Å². The monoisotopic (exact) mass is 266 g/mol. The third kappa shape index (κ3) is 3.26. The second-order valence-corrected chi connectivity index (χ2v) is 5.29. The van der Waals surface area contributed by atoms with Gasteiger partial charge >= 0.3 is 5.97 Å². The largest absolute Gasteiger partial charge is 0.466 e. The summed E-state index contributed by atoms with van der Waals surface area (Å²) in [7, 11) is 0. The van der Waals surface area contributed by atoms with Crippen molar-refractivity contribution in [3.05, 3.63) is 34.9 Å². The summed E-state index contributed by atoms with van der Waals surface area (Å²) < 4.78 is 5.08. The average Bonchev–Trinajstić information content (AvgIpc) is 2.39. The Morgan fingerprint density at radius 3 is 2.67 bits per heavy atom. The molecule has 1 aliphatic carbocycles. The lowest BCUT2D eigenvalue weighted by Gasteiger charge is -2.27. The summed E-state index contributed by atoms with van der Waals surface area (Å²) in [5.41, 5.74) is 1.30. The molecule has 0 radical (unpaired) electrons. The van der Waals surface area contributed by atoms with E-state index in [4.69, 9.17) is 16.3 Å². The van der Waals surface area contributed by atoms with Crippen LogP contribution in [0, 0.1) is 5.92 Å². The van der Waals surface area contributed by atoms with Crippen molar-refractivity contribution in [2.24, 2.45) is 5.92 Å². The smallest absolute Gasteiger partial charge is 0.308 e. The third-order valence-electron chi connectivity index (χ3n) is 3.67. The molecule has 1 aliphatic rings. The zero-order valence-corrected chi connectivity index (χ0v) is 11.5. The fourth-order valence-corrected chi connectivity index (χ4v) is 2.88. The second-order valence-electron chi connectivity index (χ2n) is 4.86. The average molecular weight is 267 g/mol. The highest BCUT2D eigenvalue weighted by atomic mass is 35.5. The summed E-state index contributed by atoms with van der Waals surface area (Å²) in [5.74, 6) is 0.608. The summed E-state index contributed by atoms with van der Waals surface area (Å²) >= 11 is 6.01. The number of rotatable bonds is 3. The normalized spacial score (nSPS) is 23.7. The summed E-state index contributed by atoms with van der Waals surface area (Å²) in [5, 5.41) is 0.792. The number of esters is 1. The lowest BCUT2D eigenvalue weighted by molar-refractivity contribution is -0.149. The molecular formula is C15H19ClO2. The molecule has 0 aliphatic heterocycles. The lowest BCUT2D eigenvalue weighted by Crippen LogP contribution is -2.23. The Morgan fingerprint density at radius 2 is 2.06 bits per heavy atom. The number of hydrogen-bond acceptors (Lipinski definition) is 2. The van der Waals surface area contributed by atoms with E-state index >= 15 is 0 Å². The van der Waals surface area contributed by atoms with Crippen LogP contribution in [-0.2, 0) is 9.53 Å². The van der Waals surface area contributed by atoms with E-state index in [9.17, 15) is 4.79 Å². The van der Waals surface area contributed by atoms with E-state index in [1.165, 1.54) is 5.56 Å². The second kappa shape index (κ2) is 6.24. The Morgan fingerprint density at radius 1 is 1.33 bits per heavy atom. The molecule has 0 saturated heterocycles. The van der Waals surface area contributed by atoms with E-state index in [0.29, 0.717) is 12.5 Å². The van der Waals surface area contributed by atoms with E-state index in [-0.39, 0.29) is 11.9 Å². The van der Waals surface area contributed by atoms with Crippen LogP contribution in [0.4, 0.5) is 0 Å². The topological polar surface area (TPSA) is 26.3 Å². The predicted octanol–water partition coefficient (Wildman–Crippen LogP) is 4.18. The number of hydrogen-bond donors (Lipinski definition) is 0. The van der Waals surface area contributed by atoms with Crippen LogP contribution in [0.3, 0.4) is 0 Å². The van der Waals surface area contributed by atoms with Gasteiger partial charge in [0.25, 0.3) is 0 Å². The molecule has 2 nitrogen and oxygen atoms in total. The van der Waals surface area contributed by atoms with Crippen LogP contribution in [0.25, 0.3) is 0 Å². The van der Waals surface area contributed by atoms with Crippen LogP contribution in [0.15, 0.2) is 24.3 Å². The Balaban J connectivity index is 1.92. The molecule has 0 aromatic heterocycles. The van der Waals surface area contributed by atoms with E-state index in [2.05, 4.69) is 6.07 Å². The van der Waals surface area contributed by atoms with Gasteiger partial charge in [-0.15, -0.1) is 0 Å². The van der Waals surface area contributed by atoms with Crippen molar-refractivity contribution in [3.63, 3.8) is 0 Å². The van der Waals surface area contributed by atoms with Crippen molar-refractivity contribution in [1.82, 2.24) is 0 Å². The minimum absolute atomic E-state index is 0.0259. The van der Waals surface area contributed by atoms with Crippen LogP contribution >= 0.6 is 11.6 Å². The van der Waals surface area contributed by atoms with Gasteiger partial charge in [0.2, 0.25) is 0 Å². The number of carbonyl (C=O) groups is 1. The number of ether oxygens (including phenoxy) is 1.